The zero-order chi connectivity index (χ0) is 26.6. The van der Waals surface area contributed by atoms with E-state index in [0.29, 0.717) is 48.6 Å². The zero-order valence-corrected chi connectivity index (χ0v) is 22.1. The predicted octanol–water partition coefficient (Wildman–Crippen LogP) is 5.00. The van der Waals surface area contributed by atoms with E-state index in [1.807, 2.05) is 51.1 Å². The molecule has 0 saturated heterocycles. The van der Waals surface area contributed by atoms with Gasteiger partial charge in [-0.2, -0.15) is 5.26 Å². The van der Waals surface area contributed by atoms with Gasteiger partial charge in [0.1, 0.15) is 35.6 Å². The quantitative estimate of drug-likeness (QED) is 0.189. The predicted molar refractivity (Wildman–Crippen MR) is 142 cm³/mol. The van der Waals surface area contributed by atoms with Crippen LogP contribution < -0.4 is 19.5 Å². The minimum atomic E-state index is -0.559. The van der Waals surface area contributed by atoms with Crippen molar-refractivity contribution < 1.29 is 23.7 Å². The first-order valence-electron chi connectivity index (χ1n) is 11.7. The Bertz CT molecular complexity index is 1250. The van der Waals surface area contributed by atoms with Gasteiger partial charge in [-0.05, 0) is 42.8 Å². The number of anilines is 1. The Labute approximate surface area is 220 Å². The molecule has 0 unspecified atom stereocenters. The first kappa shape index (κ1) is 27.6. The molecular weight excluding hydrogens is 492 g/mol. The van der Waals surface area contributed by atoms with Crippen LogP contribution in [0.1, 0.15) is 35.9 Å². The summed E-state index contributed by atoms with van der Waals surface area (Å²) in [5.74, 6) is 1.45. The van der Waals surface area contributed by atoms with Crippen molar-refractivity contribution in [3.8, 4) is 23.3 Å². The highest BCUT2D eigenvalue weighted by atomic mass is 32.1. The third kappa shape index (κ3) is 8.59. The van der Waals surface area contributed by atoms with Crippen LogP contribution in [0.5, 0.6) is 17.2 Å². The van der Waals surface area contributed by atoms with Crippen molar-refractivity contribution in [1.29, 1.82) is 5.26 Å². The van der Waals surface area contributed by atoms with Gasteiger partial charge >= 0.3 is 0 Å². The Morgan fingerprint density at radius 1 is 1.05 bits per heavy atom. The van der Waals surface area contributed by atoms with Crippen molar-refractivity contribution in [2.24, 2.45) is 0 Å². The molecule has 0 fully saturated rings. The number of hydrogen-bond donors (Lipinski definition) is 1. The van der Waals surface area contributed by atoms with Crippen molar-refractivity contribution in [2.45, 2.75) is 26.7 Å². The molecule has 0 aliphatic rings. The SMILES string of the molecule is COc1cc(C=C(C#N)C(=O)Nc2nnc(C(C)C)s2)ccc1OCCOCCOc1ccc(C)cc1. The third-order valence-corrected chi connectivity index (χ3v) is 6.16. The summed E-state index contributed by atoms with van der Waals surface area (Å²) in [6.45, 7) is 7.59. The molecule has 37 heavy (non-hydrogen) atoms. The van der Waals surface area contributed by atoms with Crippen LogP contribution in [0.25, 0.3) is 6.08 Å². The number of rotatable bonds is 13. The number of aryl methyl sites for hydroxylation is 1. The molecule has 1 N–H and O–H groups in total. The van der Waals surface area contributed by atoms with Gasteiger partial charge in [0.2, 0.25) is 5.13 Å². The molecule has 0 spiro atoms. The second kappa shape index (κ2) is 14.0. The minimum Gasteiger partial charge on any atom is -0.493 e. The van der Waals surface area contributed by atoms with Gasteiger partial charge in [0.15, 0.2) is 11.5 Å². The van der Waals surface area contributed by atoms with Crippen molar-refractivity contribution in [3.63, 3.8) is 0 Å². The Kier molecular flexibility index (Phi) is 10.4. The van der Waals surface area contributed by atoms with Gasteiger partial charge in [0.25, 0.3) is 5.91 Å². The number of ether oxygens (including phenoxy) is 4. The van der Waals surface area contributed by atoms with E-state index >= 15 is 0 Å². The molecule has 2 aromatic carbocycles. The lowest BCUT2D eigenvalue weighted by Crippen LogP contribution is -2.13. The lowest BCUT2D eigenvalue weighted by molar-refractivity contribution is -0.112. The molecule has 0 aliphatic carbocycles. The summed E-state index contributed by atoms with van der Waals surface area (Å²) in [6.07, 6.45) is 1.48. The lowest BCUT2D eigenvalue weighted by Gasteiger charge is -2.12. The van der Waals surface area contributed by atoms with E-state index in [4.69, 9.17) is 18.9 Å². The highest BCUT2D eigenvalue weighted by Crippen LogP contribution is 2.29. The van der Waals surface area contributed by atoms with Gasteiger partial charge in [-0.25, -0.2) is 0 Å². The van der Waals surface area contributed by atoms with Gasteiger partial charge < -0.3 is 18.9 Å². The number of nitrogens with zero attached hydrogens (tertiary/aromatic N) is 3. The molecule has 9 nitrogen and oxygen atoms in total. The average molecular weight is 523 g/mol. The number of benzene rings is 2. The number of methoxy groups -OCH3 is 1. The normalized spacial score (nSPS) is 11.2. The monoisotopic (exact) mass is 522 g/mol. The molecule has 0 bridgehead atoms. The molecule has 0 aliphatic heterocycles. The highest BCUT2D eigenvalue weighted by molar-refractivity contribution is 7.15. The van der Waals surface area contributed by atoms with Gasteiger partial charge in [-0.1, -0.05) is 48.9 Å². The van der Waals surface area contributed by atoms with Crippen LogP contribution in [0.4, 0.5) is 5.13 Å². The van der Waals surface area contributed by atoms with Crippen LogP contribution in [-0.4, -0.2) is 49.6 Å². The maximum absolute atomic E-state index is 12.6. The molecule has 10 heteroatoms. The third-order valence-electron chi connectivity index (χ3n) is 5.02. The van der Waals surface area contributed by atoms with E-state index in [-0.39, 0.29) is 11.5 Å². The maximum Gasteiger partial charge on any atom is 0.268 e. The summed E-state index contributed by atoms with van der Waals surface area (Å²) in [6, 6.07) is 14.9. The molecule has 0 radical (unpaired) electrons. The fourth-order valence-corrected chi connectivity index (χ4v) is 3.80. The smallest absolute Gasteiger partial charge is 0.268 e. The summed E-state index contributed by atoms with van der Waals surface area (Å²) in [5, 5.41) is 21.3. The second-order valence-corrected chi connectivity index (χ2v) is 9.27. The van der Waals surface area contributed by atoms with Gasteiger partial charge in [0, 0.05) is 5.92 Å². The van der Waals surface area contributed by atoms with E-state index in [1.54, 1.807) is 18.2 Å². The number of hydrogen-bond acceptors (Lipinski definition) is 9. The number of carbonyl (C=O) groups excluding carboxylic acids is 1. The number of nitrogens with one attached hydrogen (secondary N) is 1. The van der Waals surface area contributed by atoms with E-state index in [0.717, 1.165) is 10.8 Å². The van der Waals surface area contributed by atoms with Crippen LogP contribution in [-0.2, 0) is 9.53 Å². The van der Waals surface area contributed by atoms with Crippen molar-refractivity contribution >= 4 is 28.5 Å². The summed E-state index contributed by atoms with van der Waals surface area (Å²) in [5.41, 5.74) is 1.72. The summed E-state index contributed by atoms with van der Waals surface area (Å²) < 4.78 is 22.4. The summed E-state index contributed by atoms with van der Waals surface area (Å²) >= 11 is 1.28. The molecule has 194 valence electrons. The van der Waals surface area contributed by atoms with Crippen molar-refractivity contribution in [1.82, 2.24) is 10.2 Å². The first-order chi connectivity index (χ1) is 17.9. The number of nitriles is 1. The first-order valence-corrected chi connectivity index (χ1v) is 12.6. The summed E-state index contributed by atoms with van der Waals surface area (Å²) in [4.78, 5) is 12.6. The standard InChI is InChI=1S/C27H30N4O5S/c1-18(2)26-30-31-27(37-26)29-25(32)21(17-28)15-20-7-10-23(24(16-20)33-4)36-14-12-34-11-13-35-22-8-5-19(3)6-9-22/h5-10,15-16,18H,11-14H2,1-4H3,(H,29,31,32). The van der Waals surface area contributed by atoms with Gasteiger partial charge in [-0.3, -0.25) is 10.1 Å². The van der Waals surface area contributed by atoms with Crippen LogP contribution in [0.3, 0.4) is 0 Å². The van der Waals surface area contributed by atoms with Crippen molar-refractivity contribution in [3.05, 3.63) is 64.2 Å². The maximum atomic E-state index is 12.6. The zero-order valence-electron chi connectivity index (χ0n) is 21.3. The van der Waals surface area contributed by atoms with Crippen LogP contribution in [0, 0.1) is 18.3 Å². The van der Waals surface area contributed by atoms with Crippen molar-refractivity contribution in [2.75, 3.05) is 38.9 Å². The molecule has 3 rings (SSSR count). The topological polar surface area (TPSA) is 116 Å². The van der Waals surface area contributed by atoms with Crippen LogP contribution in [0.2, 0.25) is 0 Å². The molecular formula is C27H30N4O5S. The molecule has 0 atom stereocenters. The van der Waals surface area contributed by atoms with Crippen LogP contribution >= 0.6 is 11.3 Å². The second-order valence-electron chi connectivity index (χ2n) is 8.26. The fraction of sp³-hybridized carbons (Fsp3) is 0.333. The molecule has 1 heterocycles. The van der Waals surface area contributed by atoms with E-state index < -0.39 is 5.91 Å². The average Bonchev–Trinajstić information content (AvgIpc) is 3.37. The van der Waals surface area contributed by atoms with Crippen LogP contribution in [0.15, 0.2) is 48.0 Å². The number of carbonyl (C=O) groups is 1. The number of amides is 1. The molecule has 1 aromatic heterocycles. The largest absolute Gasteiger partial charge is 0.493 e. The van der Waals surface area contributed by atoms with E-state index in [1.165, 1.54) is 30.1 Å². The van der Waals surface area contributed by atoms with Gasteiger partial charge in [0.05, 0.1) is 20.3 Å². The molecule has 3 aromatic rings. The molecule has 1 amide bonds. The summed E-state index contributed by atoms with van der Waals surface area (Å²) in [7, 11) is 1.52. The Morgan fingerprint density at radius 2 is 1.78 bits per heavy atom. The highest BCUT2D eigenvalue weighted by Gasteiger charge is 2.15. The fourth-order valence-electron chi connectivity index (χ4n) is 3.06. The van der Waals surface area contributed by atoms with E-state index in [2.05, 4.69) is 15.5 Å². The Morgan fingerprint density at radius 3 is 2.43 bits per heavy atom. The lowest BCUT2D eigenvalue weighted by atomic mass is 10.1. The molecule has 0 saturated carbocycles. The Balaban J connectivity index is 1.49. The number of aromatic nitrogens is 2. The van der Waals surface area contributed by atoms with E-state index in [9.17, 15) is 10.1 Å². The minimum absolute atomic E-state index is 0.0710. The van der Waals surface area contributed by atoms with Gasteiger partial charge in [-0.15, -0.1) is 10.2 Å². The Hall–Kier alpha value is -3.94.